The van der Waals surface area contributed by atoms with Gasteiger partial charge in [0.1, 0.15) is 17.4 Å². The minimum atomic E-state index is -0.626. The molecule has 0 saturated heterocycles. The summed E-state index contributed by atoms with van der Waals surface area (Å²) in [5.41, 5.74) is 0.289. The molecule has 1 rings (SSSR count). The van der Waals surface area contributed by atoms with Crippen molar-refractivity contribution < 1.29 is 13.5 Å². The second-order valence-electron chi connectivity index (χ2n) is 5.37. The first-order valence-corrected chi connectivity index (χ1v) is 6.41. The van der Waals surface area contributed by atoms with Crippen molar-refractivity contribution in [1.29, 1.82) is 0 Å². The van der Waals surface area contributed by atoms with Crippen LogP contribution >= 0.6 is 0 Å². The Bertz CT molecular complexity index is 367. The van der Waals surface area contributed by atoms with E-state index in [4.69, 9.17) is 4.74 Å². The van der Waals surface area contributed by atoms with E-state index in [1.807, 2.05) is 0 Å². The minimum Gasteiger partial charge on any atom is -0.490 e. The number of halogens is 2. The van der Waals surface area contributed by atoms with Crippen LogP contribution in [0.5, 0.6) is 0 Å². The van der Waals surface area contributed by atoms with Gasteiger partial charge in [0, 0.05) is 12.2 Å². The second-order valence-corrected chi connectivity index (χ2v) is 5.37. The average Bonchev–Trinajstić information content (AvgIpc) is 2.59. The van der Waals surface area contributed by atoms with Gasteiger partial charge in [0.05, 0.1) is 6.10 Å². The molecule has 0 radical (unpaired) electrons. The molecular formula is C15H22F2O. The summed E-state index contributed by atoms with van der Waals surface area (Å²) >= 11 is 0. The van der Waals surface area contributed by atoms with Gasteiger partial charge in [-0.1, -0.05) is 26.8 Å². The number of hydrogen-bond acceptors (Lipinski definition) is 1. The summed E-state index contributed by atoms with van der Waals surface area (Å²) in [5, 5.41) is 0. The monoisotopic (exact) mass is 256 g/mol. The molecule has 2 atom stereocenters. The van der Waals surface area contributed by atoms with E-state index in [0.29, 0.717) is 0 Å². The van der Waals surface area contributed by atoms with Crippen LogP contribution in [0.3, 0.4) is 0 Å². The van der Waals surface area contributed by atoms with Crippen molar-refractivity contribution >= 4 is 0 Å². The Kier molecular flexibility index (Phi) is 5.12. The fourth-order valence-electron chi connectivity index (χ4n) is 2.34. The van der Waals surface area contributed by atoms with Crippen LogP contribution in [-0.4, -0.2) is 6.10 Å². The summed E-state index contributed by atoms with van der Waals surface area (Å²) in [7, 11) is 0. The number of hydrogen-bond donors (Lipinski definition) is 0. The molecule has 0 aromatic heterocycles. The van der Waals surface area contributed by atoms with Gasteiger partial charge in [0.25, 0.3) is 0 Å². The smallest absolute Gasteiger partial charge is 0.125 e. The number of rotatable bonds is 5. The predicted molar refractivity (Wildman–Crippen MR) is 70.3 cm³/mol. The molecule has 0 spiro atoms. The van der Waals surface area contributed by atoms with Crippen LogP contribution in [0.15, 0.2) is 36.1 Å². The maximum atomic E-state index is 12.9. The molecule has 18 heavy (non-hydrogen) atoms. The van der Waals surface area contributed by atoms with Gasteiger partial charge in [-0.25, -0.2) is 8.78 Å². The van der Waals surface area contributed by atoms with Crippen LogP contribution in [0.4, 0.5) is 8.78 Å². The van der Waals surface area contributed by atoms with Crippen molar-refractivity contribution in [3.05, 3.63) is 36.1 Å². The molecule has 0 bridgehead atoms. The van der Waals surface area contributed by atoms with Crippen LogP contribution in [0.1, 0.15) is 46.5 Å². The van der Waals surface area contributed by atoms with Crippen molar-refractivity contribution in [1.82, 2.24) is 0 Å². The molecule has 1 aliphatic rings. The van der Waals surface area contributed by atoms with Crippen LogP contribution in [0.25, 0.3) is 0 Å². The fraction of sp³-hybridized carbons (Fsp3) is 0.600. The molecule has 0 aliphatic heterocycles. The zero-order valence-corrected chi connectivity index (χ0v) is 11.4. The number of allylic oxidation sites excluding steroid dienone is 4. The van der Waals surface area contributed by atoms with E-state index in [-0.39, 0.29) is 17.3 Å². The zero-order chi connectivity index (χ0) is 13.8. The summed E-state index contributed by atoms with van der Waals surface area (Å²) in [5.74, 6) is -0.814. The van der Waals surface area contributed by atoms with Gasteiger partial charge in [-0.05, 0) is 31.6 Å². The molecule has 1 aliphatic carbocycles. The predicted octanol–water partition coefficient (Wildman–Crippen LogP) is 5.21. The highest BCUT2D eigenvalue weighted by molar-refractivity contribution is 5.22. The van der Waals surface area contributed by atoms with Crippen LogP contribution in [0.2, 0.25) is 0 Å². The van der Waals surface area contributed by atoms with E-state index in [9.17, 15) is 8.78 Å². The van der Waals surface area contributed by atoms with E-state index < -0.39 is 11.7 Å². The molecule has 1 nitrogen and oxygen atoms in total. The summed E-state index contributed by atoms with van der Waals surface area (Å²) in [6.07, 6.45) is 6.42. The van der Waals surface area contributed by atoms with Crippen molar-refractivity contribution in [2.24, 2.45) is 5.41 Å². The Balaban J connectivity index is 2.69. The maximum Gasteiger partial charge on any atom is 0.125 e. The molecule has 1 saturated carbocycles. The standard InChI is InChI=1S/C15H22F2O/c1-5-15(4)7-6-13(10-15)18-14(8-11(2)16)9-12(3)17/h8-9,13H,2,5-7,10H2,1,3-4H3/b12-9+,14-8+/t13?,15-/m0/s1. The molecule has 0 aromatic carbocycles. The maximum absolute atomic E-state index is 12.9. The van der Waals surface area contributed by atoms with Crippen molar-refractivity contribution in [2.75, 3.05) is 0 Å². The number of ether oxygens (including phenoxy) is 1. The summed E-state index contributed by atoms with van der Waals surface area (Å²) in [6.45, 7) is 8.84. The lowest BCUT2D eigenvalue weighted by molar-refractivity contribution is 0.116. The molecule has 102 valence electrons. The highest BCUT2D eigenvalue weighted by atomic mass is 19.1. The highest BCUT2D eigenvalue weighted by Gasteiger charge is 2.34. The van der Waals surface area contributed by atoms with Gasteiger partial charge >= 0.3 is 0 Å². The Morgan fingerprint density at radius 2 is 2.11 bits per heavy atom. The summed E-state index contributed by atoms with van der Waals surface area (Å²) in [6, 6.07) is 0. The first-order chi connectivity index (χ1) is 8.34. The molecule has 3 heteroatoms. The topological polar surface area (TPSA) is 9.23 Å². The zero-order valence-electron chi connectivity index (χ0n) is 11.4. The van der Waals surface area contributed by atoms with Crippen LogP contribution < -0.4 is 0 Å². The van der Waals surface area contributed by atoms with Crippen LogP contribution in [-0.2, 0) is 4.74 Å². The Morgan fingerprint density at radius 1 is 1.44 bits per heavy atom. The first kappa shape index (κ1) is 14.9. The lowest BCUT2D eigenvalue weighted by atomic mass is 9.86. The second kappa shape index (κ2) is 6.17. The van der Waals surface area contributed by atoms with Crippen molar-refractivity contribution in [3.63, 3.8) is 0 Å². The normalized spacial score (nSPS) is 29.5. The Hall–Kier alpha value is -1.12. The third-order valence-electron chi connectivity index (χ3n) is 3.59. The van der Waals surface area contributed by atoms with Gasteiger partial charge in [0.15, 0.2) is 0 Å². The Labute approximate surface area is 108 Å². The van der Waals surface area contributed by atoms with E-state index in [1.165, 1.54) is 13.0 Å². The molecule has 0 heterocycles. The van der Waals surface area contributed by atoms with Crippen molar-refractivity contribution in [3.8, 4) is 0 Å². The van der Waals surface area contributed by atoms with Gasteiger partial charge in [-0.15, -0.1) is 0 Å². The molecule has 0 aromatic rings. The summed E-state index contributed by atoms with van der Waals surface area (Å²) in [4.78, 5) is 0. The van der Waals surface area contributed by atoms with Crippen molar-refractivity contribution in [2.45, 2.75) is 52.6 Å². The molecular weight excluding hydrogens is 234 g/mol. The van der Waals surface area contributed by atoms with E-state index in [2.05, 4.69) is 20.4 Å². The van der Waals surface area contributed by atoms with E-state index in [1.54, 1.807) is 0 Å². The van der Waals surface area contributed by atoms with Gasteiger partial charge in [-0.3, -0.25) is 0 Å². The molecule has 0 N–H and O–H groups in total. The Morgan fingerprint density at radius 3 is 2.56 bits per heavy atom. The minimum absolute atomic E-state index is 0.0381. The van der Waals surface area contributed by atoms with E-state index in [0.717, 1.165) is 31.8 Å². The molecule has 0 amide bonds. The highest BCUT2D eigenvalue weighted by Crippen LogP contribution is 2.42. The molecule has 1 unspecified atom stereocenters. The largest absolute Gasteiger partial charge is 0.490 e. The quantitative estimate of drug-likeness (QED) is 0.484. The summed E-state index contributed by atoms with van der Waals surface area (Å²) < 4.78 is 31.3. The van der Waals surface area contributed by atoms with Gasteiger partial charge in [-0.2, -0.15) is 0 Å². The fourth-order valence-corrected chi connectivity index (χ4v) is 2.34. The lowest BCUT2D eigenvalue weighted by Gasteiger charge is -2.22. The first-order valence-electron chi connectivity index (χ1n) is 6.41. The SMILES string of the molecule is C=C(F)/C=C(\C=C(/C)F)OC1CC[C@](C)(CC)C1. The lowest BCUT2D eigenvalue weighted by Crippen LogP contribution is -2.13. The van der Waals surface area contributed by atoms with Gasteiger partial charge < -0.3 is 4.74 Å². The third-order valence-corrected chi connectivity index (χ3v) is 3.59. The van der Waals surface area contributed by atoms with Gasteiger partial charge in [0.2, 0.25) is 0 Å². The average molecular weight is 256 g/mol. The van der Waals surface area contributed by atoms with Crippen LogP contribution in [0, 0.1) is 5.41 Å². The van der Waals surface area contributed by atoms with E-state index >= 15 is 0 Å². The third kappa shape index (κ3) is 4.63. The molecule has 1 fully saturated rings.